The van der Waals surface area contributed by atoms with E-state index in [1.807, 2.05) is 6.92 Å². The number of hydrogen-bond acceptors (Lipinski definition) is 5. The van der Waals surface area contributed by atoms with Gasteiger partial charge < -0.3 is 14.6 Å². The first-order valence-corrected chi connectivity index (χ1v) is 5.93. The summed E-state index contributed by atoms with van der Waals surface area (Å²) in [5.41, 5.74) is 0.418. The standard InChI is InChI=1S/C14H16O5/c1-3-18-11-7-5-10(6-8-11)12(15)9-13(16)14(17)19-4-2/h5-9,15H,3-4H2,1-2H3. The van der Waals surface area contributed by atoms with E-state index in [0.717, 1.165) is 6.08 Å². The van der Waals surface area contributed by atoms with Crippen molar-refractivity contribution in [1.29, 1.82) is 0 Å². The Bertz CT molecular complexity index is 473. The third kappa shape index (κ3) is 4.46. The average molecular weight is 264 g/mol. The molecule has 0 saturated carbocycles. The summed E-state index contributed by atoms with van der Waals surface area (Å²) in [6.45, 7) is 4.12. The molecule has 0 saturated heterocycles. The smallest absolute Gasteiger partial charge is 0.379 e. The van der Waals surface area contributed by atoms with Crippen molar-refractivity contribution in [2.75, 3.05) is 13.2 Å². The van der Waals surface area contributed by atoms with Crippen molar-refractivity contribution in [3.05, 3.63) is 35.9 Å². The van der Waals surface area contributed by atoms with Gasteiger partial charge in [0.25, 0.3) is 5.78 Å². The highest BCUT2D eigenvalue weighted by molar-refractivity contribution is 6.39. The fourth-order valence-electron chi connectivity index (χ4n) is 1.36. The molecule has 19 heavy (non-hydrogen) atoms. The zero-order valence-corrected chi connectivity index (χ0v) is 10.9. The first kappa shape index (κ1) is 14.8. The Morgan fingerprint density at radius 1 is 1.16 bits per heavy atom. The molecule has 0 atom stereocenters. The Labute approximate surface area is 111 Å². The van der Waals surface area contributed by atoms with E-state index in [9.17, 15) is 14.7 Å². The average Bonchev–Trinajstić information content (AvgIpc) is 2.40. The van der Waals surface area contributed by atoms with Crippen LogP contribution in [0.5, 0.6) is 5.75 Å². The summed E-state index contributed by atoms with van der Waals surface area (Å²) < 4.78 is 9.78. The van der Waals surface area contributed by atoms with Crippen LogP contribution in [0.25, 0.3) is 5.76 Å². The Balaban J connectivity index is 2.78. The molecule has 0 heterocycles. The van der Waals surface area contributed by atoms with Crippen LogP contribution < -0.4 is 4.74 Å². The van der Waals surface area contributed by atoms with Gasteiger partial charge in [0.05, 0.1) is 13.2 Å². The van der Waals surface area contributed by atoms with Crippen molar-refractivity contribution in [3.63, 3.8) is 0 Å². The highest BCUT2D eigenvalue weighted by Crippen LogP contribution is 2.17. The van der Waals surface area contributed by atoms with Gasteiger partial charge in [-0.15, -0.1) is 0 Å². The van der Waals surface area contributed by atoms with E-state index in [1.165, 1.54) is 0 Å². The quantitative estimate of drug-likeness (QED) is 0.369. The molecular weight excluding hydrogens is 248 g/mol. The summed E-state index contributed by atoms with van der Waals surface area (Å²) >= 11 is 0. The van der Waals surface area contributed by atoms with Gasteiger partial charge in [0.15, 0.2) is 0 Å². The van der Waals surface area contributed by atoms with Crippen molar-refractivity contribution >= 4 is 17.5 Å². The number of carbonyl (C=O) groups is 2. The van der Waals surface area contributed by atoms with Crippen LogP contribution in [0.1, 0.15) is 19.4 Å². The Morgan fingerprint density at radius 3 is 2.32 bits per heavy atom. The van der Waals surface area contributed by atoms with E-state index >= 15 is 0 Å². The molecule has 1 aromatic rings. The number of hydrogen-bond donors (Lipinski definition) is 1. The SMILES string of the molecule is CCOC(=O)C(=O)C=C(O)c1ccc(OCC)cc1. The zero-order chi connectivity index (χ0) is 14.3. The van der Waals surface area contributed by atoms with Gasteiger partial charge in [0.1, 0.15) is 11.5 Å². The Hall–Kier alpha value is -2.30. The lowest BCUT2D eigenvalue weighted by atomic mass is 10.1. The largest absolute Gasteiger partial charge is 0.507 e. The molecule has 0 bridgehead atoms. The number of aliphatic hydroxyl groups excluding tert-OH is 1. The monoisotopic (exact) mass is 264 g/mol. The number of carbonyl (C=O) groups excluding carboxylic acids is 2. The van der Waals surface area contributed by atoms with Gasteiger partial charge >= 0.3 is 5.97 Å². The van der Waals surface area contributed by atoms with Crippen LogP contribution in [0, 0.1) is 0 Å². The first-order valence-electron chi connectivity index (χ1n) is 5.93. The van der Waals surface area contributed by atoms with Gasteiger partial charge in [-0.1, -0.05) is 0 Å². The van der Waals surface area contributed by atoms with Crippen molar-refractivity contribution in [2.24, 2.45) is 0 Å². The highest BCUT2D eigenvalue weighted by atomic mass is 16.5. The zero-order valence-electron chi connectivity index (χ0n) is 10.9. The number of esters is 1. The molecule has 102 valence electrons. The third-order valence-electron chi connectivity index (χ3n) is 2.21. The minimum absolute atomic E-state index is 0.113. The van der Waals surface area contributed by atoms with Crippen molar-refractivity contribution in [1.82, 2.24) is 0 Å². The van der Waals surface area contributed by atoms with Crippen molar-refractivity contribution in [2.45, 2.75) is 13.8 Å². The molecule has 0 spiro atoms. The molecule has 0 amide bonds. The molecule has 1 rings (SSSR count). The van der Waals surface area contributed by atoms with Crippen LogP contribution in [-0.4, -0.2) is 30.1 Å². The molecule has 1 aromatic carbocycles. The first-order chi connectivity index (χ1) is 9.08. The minimum Gasteiger partial charge on any atom is -0.507 e. The second kappa shape index (κ2) is 7.20. The number of ether oxygens (including phenoxy) is 2. The Kier molecular flexibility index (Phi) is 5.60. The predicted molar refractivity (Wildman–Crippen MR) is 69.9 cm³/mol. The number of benzene rings is 1. The van der Waals surface area contributed by atoms with Crippen LogP contribution in [-0.2, 0) is 14.3 Å². The van der Waals surface area contributed by atoms with Crippen LogP contribution in [0.2, 0.25) is 0 Å². The van der Waals surface area contributed by atoms with Gasteiger partial charge in [0.2, 0.25) is 0 Å². The van der Waals surface area contributed by atoms with Crippen LogP contribution in [0.4, 0.5) is 0 Å². The van der Waals surface area contributed by atoms with E-state index in [-0.39, 0.29) is 12.4 Å². The summed E-state index contributed by atoms with van der Waals surface area (Å²) in [4.78, 5) is 22.5. The third-order valence-corrected chi connectivity index (χ3v) is 2.21. The maximum Gasteiger partial charge on any atom is 0.379 e. The molecule has 1 N–H and O–H groups in total. The second-order valence-electron chi connectivity index (χ2n) is 3.57. The molecule has 0 aliphatic rings. The normalized spacial score (nSPS) is 10.9. The molecule has 0 aliphatic carbocycles. The van der Waals surface area contributed by atoms with Crippen LogP contribution in [0.3, 0.4) is 0 Å². The summed E-state index contributed by atoms with van der Waals surface area (Å²) in [6, 6.07) is 6.51. The molecular formula is C14H16O5. The number of rotatable bonds is 6. The molecule has 0 fully saturated rings. The molecule has 0 aliphatic heterocycles. The lowest BCUT2D eigenvalue weighted by molar-refractivity contribution is -0.151. The molecule has 0 radical (unpaired) electrons. The fourth-order valence-corrected chi connectivity index (χ4v) is 1.36. The van der Waals surface area contributed by atoms with Crippen molar-refractivity contribution < 1.29 is 24.2 Å². The molecule has 5 nitrogen and oxygen atoms in total. The molecule has 5 heteroatoms. The fraction of sp³-hybridized carbons (Fsp3) is 0.286. The van der Waals surface area contributed by atoms with E-state index < -0.39 is 11.8 Å². The van der Waals surface area contributed by atoms with Crippen LogP contribution in [0.15, 0.2) is 30.3 Å². The lowest BCUT2D eigenvalue weighted by Crippen LogP contribution is -2.15. The minimum atomic E-state index is -0.986. The lowest BCUT2D eigenvalue weighted by Gasteiger charge is -2.04. The summed E-state index contributed by atoms with van der Waals surface area (Å²) in [5.74, 6) is -1.51. The van der Waals surface area contributed by atoms with E-state index in [4.69, 9.17) is 4.74 Å². The van der Waals surface area contributed by atoms with Gasteiger partial charge in [-0.3, -0.25) is 4.79 Å². The maximum absolute atomic E-state index is 11.4. The second-order valence-corrected chi connectivity index (χ2v) is 3.57. The summed E-state index contributed by atoms with van der Waals surface area (Å²) in [6.07, 6.45) is 0.841. The van der Waals surface area contributed by atoms with E-state index in [0.29, 0.717) is 17.9 Å². The summed E-state index contributed by atoms with van der Waals surface area (Å²) in [7, 11) is 0. The van der Waals surface area contributed by atoms with Gasteiger partial charge in [-0.2, -0.15) is 0 Å². The number of aliphatic hydroxyl groups is 1. The summed E-state index contributed by atoms with van der Waals surface area (Å²) in [5, 5.41) is 9.72. The number of ketones is 1. The van der Waals surface area contributed by atoms with Gasteiger partial charge in [-0.25, -0.2) is 4.79 Å². The van der Waals surface area contributed by atoms with E-state index in [1.54, 1.807) is 31.2 Å². The van der Waals surface area contributed by atoms with Crippen LogP contribution >= 0.6 is 0 Å². The molecule has 0 aromatic heterocycles. The van der Waals surface area contributed by atoms with E-state index in [2.05, 4.69) is 4.74 Å². The maximum atomic E-state index is 11.4. The topological polar surface area (TPSA) is 72.8 Å². The molecule has 0 unspecified atom stereocenters. The predicted octanol–water partition coefficient (Wildman–Crippen LogP) is 2.12. The van der Waals surface area contributed by atoms with Crippen molar-refractivity contribution in [3.8, 4) is 5.75 Å². The Morgan fingerprint density at radius 2 is 1.79 bits per heavy atom. The van der Waals surface area contributed by atoms with Gasteiger partial charge in [-0.05, 0) is 38.1 Å². The highest BCUT2D eigenvalue weighted by Gasteiger charge is 2.13. The van der Waals surface area contributed by atoms with Gasteiger partial charge in [0, 0.05) is 11.6 Å².